The number of nitrogens with two attached hydrogens (primary N) is 1. The summed E-state index contributed by atoms with van der Waals surface area (Å²) in [5.41, 5.74) is 7.58. The number of para-hydroxylation sites is 1. The van der Waals surface area contributed by atoms with Crippen molar-refractivity contribution in [1.82, 2.24) is 9.55 Å². The lowest BCUT2D eigenvalue weighted by molar-refractivity contribution is 0.644. The van der Waals surface area contributed by atoms with Crippen molar-refractivity contribution in [2.75, 3.05) is 17.7 Å². The molecule has 0 saturated carbocycles. The highest BCUT2D eigenvalue weighted by Crippen LogP contribution is 2.14. The molecule has 0 aliphatic rings. The van der Waals surface area contributed by atoms with E-state index in [2.05, 4.69) is 4.98 Å². The molecule has 2 aromatic rings. The van der Waals surface area contributed by atoms with Crippen molar-refractivity contribution >= 4 is 11.5 Å². The molecule has 1 aromatic heterocycles. The number of aryl methyl sites for hydroxylation is 1. The number of hydrogen-bond donors (Lipinski definition) is 1. The summed E-state index contributed by atoms with van der Waals surface area (Å²) in [6, 6.07) is 7.65. The van der Waals surface area contributed by atoms with Crippen LogP contribution in [0.1, 0.15) is 18.9 Å². The van der Waals surface area contributed by atoms with Crippen LogP contribution in [0.2, 0.25) is 0 Å². The highest BCUT2D eigenvalue weighted by molar-refractivity contribution is 5.49. The van der Waals surface area contributed by atoms with E-state index in [1.807, 2.05) is 43.1 Å². The summed E-state index contributed by atoms with van der Waals surface area (Å²) in [5.74, 6) is 0.448. The van der Waals surface area contributed by atoms with Gasteiger partial charge in [-0.3, -0.25) is 4.79 Å². The van der Waals surface area contributed by atoms with Gasteiger partial charge >= 0.3 is 0 Å². The molecule has 1 heterocycles. The average Bonchev–Trinajstić information content (AvgIpc) is 2.44. The van der Waals surface area contributed by atoms with E-state index in [1.54, 1.807) is 17.0 Å². The Labute approximate surface area is 118 Å². The number of nitrogens with zero attached hydrogens (tertiary/aromatic N) is 3. The molecule has 0 aliphatic heterocycles. The predicted molar refractivity (Wildman–Crippen MR) is 81.7 cm³/mol. The van der Waals surface area contributed by atoms with Crippen molar-refractivity contribution in [3.63, 3.8) is 0 Å². The summed E-state index contributed by atoms with van der Waals surface area (Å²) in [4.78, 5) is 18.3. The summed E-state index contributed by atoms with van der Waals surface area (Å²) in [6.45, 7) is 3.31. The Bertz CT molecular complexity index is 636. The van der Waals surface area contributed by atoms with Crippen LogP contribution in [0.5, 0.6) is 0 Å². The number of hydrogen-bond acceptors (Lipinski definition) is 4. The molecule has 20 heavy (non-hydrogen) atoms. The molecule has 1 aromatic carbocycles. The van der Waals surface area contributed by atoms with Gasteiger partial charge in [-0.25, -0.2) is 4.98 Å². The lowest BCUT2D eigenvalue weighted by Gasteiger charge is -2.19. The molecule has 5 heteroatoms. The van der Waals surface area contributed by atoms with E-state index < -0.39 is 0 Å². The van der Waals surface area contributed by atoms with Gasteiger partial charge in [-0.05, 0) is 18.1 Å². The summed E-state index contributed by atoms with van der Waals surface area (Å²) in [6.07, 6.45) is 4.30. The average molecular weight is 272 g/mol. The van der Waals surface area contributed by atoms with Crippen LogP contribution in [-0.2, 0) is 13.1 Å². The largest absolute Gasteiger partial charge is 0.398 e. The van der Waals surface area contributed by atoms with Crippen molar-refractivity contribution in [3.05, 3.63) is 52.6 Å². The lowest BCUT2D eigenvalue weighted by Crippen LogP contribution is -2.30. The van der Waals surface area contributed by atoms with Crippen LogP contribution in [0.25, 0.3) is 0 Å². The Morgan fingerprint density at radius 3 is 2.80 bits per heavy atom. The third kappa shape index (κ3) is 2.99. The molecule has 5 nitrogen and oxygen atoms in total. The maximum atomic E-state index is 12.3. The molecule has 0 saturated heterocycles. The number of nitrogen functional groups attached to an aromatic ring is 1. The minimum absolute atomic E-state index is 0.0636. The van der Waals surface area contributed by atoms with Gasteiger partial charge in [-0.2, -0.15) is 0 Å². The Balaban J connectivity index is 2.26. The molecule has 2 rings (SSSR count). The number of anilines is 2. The van der Waals surface area contributed by atoms with E-state index in [0.29, 0.717) is 18.9 Å². The second kappa shape index (κ2) is 6.23. The lowest BCUT2D eigenvalue weighted by atomic mass is 10.2. The van der Waals surface area contributed by atoms with Gasteiger partial charge in [-0.15, -0.1) is 0 Å². The van der Waals surface area contributed by atoms with Crippen molar-refractivity contribution < 1.29 is 0 Å². The predicted octanol–water partition coefficient (Wildman–Crippen LogP) is 1.87. The zero-order valence-electron chi connectivity index (χ0n) is 11.9. The van der Waals surface area contributed by atoms with Gasteiger partial charge in [0.15, 0.2) is 5.82 Å². The van der Waals surface area contributed by atoms with E-state index in [9.17, 15) is 4.79 Å². The van der Waals surface area contributed by atoms with E-state index >= 15 is 0 Å². The Morgan fingerprint density at radius 1 is 1.35 bits per heavy atom. The van der Waals surface area contributed by atoms with Crippen LogP contribution in [0.4, 0.5) is 11.5 Å². The van der Waals surface area contributed by atoms with E-state index in [1.165, 1.54) is 0 Å². The van der Waals surface area contributed by atoms with Crippen molar-refractivity contribution in [1.29, 1.82) is 0 Å². The topological polar surface area (TPSA) is 64.2 Å². The number of benzene rings is 1. The van der Waals surface area contributed by atoms with Gasteiger partial charge in [0.25, 0.3) is 5.56 Å². The summed E-state index contributed by atoms with van der Waals surface area (Å²) in [5, 5.41) is 0. The first kappa shape index (κ1) is 14.1. The van der Waals surface area contributed by atoms with Gasteiger partial charge in [0, 0.05) is 38.2 Å². The zero-order valence-corrected chi connectivity index (χ0v) is 11.9. The van der Waals surface area contributed by atoms with Gasteiger partial charge in [-0.1, -0.05) is 25.1 Å². The molecule has 0 spiro atoms. The third-order valence-corrected chi connectivity index (χ3v) is 3.18. The van der Waals surface area contributed by atoms with Crippen LogP contribution in [0.3, 0.4) is 0 Å². The van der Waals surface area contributed by atoms with Crippen molar-refractivity contribution in [3.8, 4) is 0 Å². The van der Waals surface area contributed by atoms with Crippen LogP contribution < -0.4 is 16.2 Å². The number of aromatic nitrogens is 2. The number of rotatable bonds is 5. The molecule has 0 amide bonds. The maximum absolute atomic E-state index is 12.3. The Morgan fingerprint density at radius 2 is 2.10 bits per heavy atom. The van der Waals surface area contributed by atoms with Crippen LogP contribution >= 0.6 is 0 Å². The second-order valence-corrected chi connectivity index (χ2v) is 4.80. The first-order valence-electron chi connectivity index (χ1n) is 6.73. The van der Waals surface area contributed by atoms with Crippen LogP contribution in [0, 0.1) is 0 Å². The smallest absolute Gasteiger partial charge is 0.293 e. The molecule has 0 unspecified atom stereocenters. The molecule has 0 fully saturated rings. The molecule has 0 bridgehead atoms. The normalized spacial score (nSPS) is 10.5. The quantitative estimate of drug-likeness (QED) is 0.844. The second-order valence-electron chi connectivity index (χ2n) is 4.80. The molecule has 2 N–H and O–H groups in total. The SMILES string of the molecule is CCCn1ccnc(N(C)Cc2ccccc2N)c1=O. The van der Waals surface area contributed by atoms with Gasteiger partial charge < -0.3 is 15.2 Å². The summed E-state index contributed by atoms with van der Waals surface area (Å²) in [7, 11) is 1.85. The van der Waals surface area contributed by atoms with E-state index in [4.69, 9.17) is 5.73 Å². The standard InChI is InChI=1S/C15H20N4O/c1-3-9-19-10-8-17-14(15(19)20)18(2)11-12-6-4-5-7-13(12)16/h4-8,10H,3,9,11,16H2,1-2H3. The molecule has 0 radical (unpaired) electrons. The molecular formula is C15H20N4O. The van der Waals surface area contributed by atoms with Gasteiger partial charge in [0.05, 0.1) is 0 Å². The zero-order chi connectivity index (χ0) is 14.5. The Hall–Kier alpha value is -2.30. The molecular weight excluding hydrogens is 252 g/mol. The van der Waals surface area contributed by atoms with Crippen LogP contribution in [-0.4, -0.2) is 16.6 Å². The molecule has 106 valence electrons. The van der Waals surface area contributed by atoms with Crippen molar-refractivity contribution in [2.24, 2.45) is 0 Å². The minimum Gasteiger partial charge on any atom is -0.398 e. The van der Waals surface area contributed by atoms with Gasteiger partial charge in [0.1, 0.15) is 0 Å². The van der Waals surface area contributed by atoms with Crippen molar-refractivity contribution in [2.45, 2.75) is 26.4 Å². The minimum atomic E-state index is -0.0636. The monoisotopic (exact) mass is 272 g/mol. The summed E-state index contributed by atoms with van der Waals surface area (Å²) >= 11 is 0. The fourth-order valence-corrected chi connectivity index (χ4v) is 2.12. The van der Waals surface area contributed by atoms with Crippen LogP contribution in [0.15, 0.2) is 41.5 Å². The first-order chi connectivity index (χ1) is 9.63. The maximum Gasteiger partial charge on any atom is 0.293 e. The van der Waals surface area contributed by atoms with E-state index in [-0.39, 0.29) is 5.56 Å². The highest BCUT2D eigenvalue weighted by atomic mass is 16.1. The molecule has 0 atom stereocenters. The summed E-state index contributed by atoms with van der Waals surface area (Å²) < 4.78 is 1.69. The first-order valence-corrected chi connectivity index (χ1v) is 6.73. The van der Waals surface area contributed by atoms with E-state index in [0.717, 1.165) is 17.7 Å². The molecule has 0 aliphatic carbocycles. The Kier molecular flexibility index (Phi) is 4.40. The third-order valence-electron chi connectivity index (χ3n) is 3.18. The highest BCUT2D eigenvalue weighted by Gasteiger charge is 2.11. The van der Waals surface area contributed by atoms with Gasteiger partial charge in [0.2, 0.25) is 0 Å². The fraction of sp³-hybridized carbons (Fsp3) is 0.333. The fourth-order valence-electron chi connectivity index (χ4n) is 2.12.